The average Bonchev–Trinajstić information content (AvgIpc) is 2.87. The maximum Gasteiger partial charge on any atom is 0.133 e. The molecule has 0 saturated heterocycles. The van der Waals surface area contributed by atoms with Crippen molar-refractivity contribution in [2.24, 2.45) is 0 Å². The van der Waals surface area contributed by atoms with Crippen LogP contribution in [0.5, 0.6) is 0 Å². The Labute approximate surface area is 122 Å². The molecule has 0 bridgehead atoms. The van der Waals surface area contributed by atoms with Crippen molar-refractivity contribution in [2.45, 2.75) is 51.6 Å². The number of thiophene rings is 1. The van der Waals surface area contributed by atoms with Crippen molar-refractivity contribution in [3.05, 3.63) is 28.1 Å². The molecule has 1 aliphatic carbocycles. The molecule has 4 heteroatoms. The van der Waals surface area contributed by atoms with Crippen LogP contribution in [0.2, 0.25) is 0 Å². The fourth-order valence-corrected chi connectivity index (χ4v) is 4.11. The highest BCUT2D eigenvalue weighted by Gasteiger charge is 2.26. The summed E-state index contributed by atoms with van der Waals surface area (Å²) in [5.41, 5.74) is 1.38. The molecule has 2 aromatic heterocycles. The Hall–Kier alpha value is -0.710. The van der Waals surface area contributed by atoms with Crippen LogP contribution >= 0.6 is 22.7 Å². The molecular formula is C15H20N2S2. The summed E-state index contributed by atoms with van der Waals surface area (Å²) in [4.78, 5) is 7.60. The molecule has 0 amide bonds. The highest BCUT2D eigenvalue weighted by atomic mass is 32.1. The molecule has 19 heavy (non-hydrogen) atoms. The number of thiazole rings is 1. The van der Waals surface area contributed by atoms with Crippen molar-refractivity contribution in [3.63, 3.8) is 0 Å². The van der Waals surface area contributed by atoms with Crippen LogP contribution in [0.3, 0.4) is 0 Å². The van der Waals surface area contributed by atoms with E-state index >= 15 is 0 Å². The van der Waals surface area contributed by atoms with Crippen molar-refractivity contribution in [2.75, 3.05) is 0 Å². The Kier molecular flexibility index (Phi) is 3.50. The van der Waals surface area contributed by atoms with E-state index in [1.165, 1.54) is 33.3 Å². The smallest absolute Gasteiger partial charge is 0.133 e. The van der Waals surface area contributed by atoms with Crippen molar-refractivity contribution in [1.82, 2.24) is 10.3 Å². The summed E-state index contributed by atoms with van der Waals surface area (Å²) < 4.78 is 0. The third-order valence-corrected chi connectivity index (χ3v) is 5.36. The second kappa shape index (κ2) is 5.00. The van der Waals surface area contributed by atoms with Crippen LogP contribution in [-0.4, -0.2) is 11.0 Å². The van der Waals surface area contributed by atoms with Crippen LogP contribution in [0.1, 0.15) is 44.2 Å². The molecule has 1 aliphatic rings. The van der Waals surface area contributed by atoms with Gasteiger partial charge in [-0.3, -0.25) is 0 Å². The van der Waals surface area contributed by atoms with Crippen molar-refractivity contribution >= 4 is 22.7 Å². The summed E-state index contributed by atoms with van der Waals surface area (Å²) in [5.74, 6) is 0. The molecule has 2 nitrogen and oxygen atoms in total. The number of rotatable bonds is 4. The van der Waals surface area contributed by atoms with E-state index in [1.807, 2.05) is 11.3 Å². The largest absolute Gasteiger partial charge is 0.309 e. The summed E-state index contributed by atoms with van der Waals surface area (Å²) in [7, 11) is 0. The summed E-state index contributed by atoms with van der Waals surface area (Å²) in [6.45, 7) is 7.73. The number of nitrogens with one attached hydrogen (secondary N) is 1. The third-order valence-electron chi connectivity index (χ3n) is 3.27. The van der Waals surface area contributed by atoms with Crippen LogP contribution in [0.25, 0.3) is 9.88 Å². The summed E-state index contributed by atoms with van der Waals surface area (Å²) in [6, 6.07) is 5.01. The number of hydrogen-bond donors (Lipinski definition) is 1. The quantitative estimate of drug-likeness (QED) is 0.902. The van der Waals surface area contributed by atoms with Gasteiger partial charge in [-0.15, -0.1) is 22.7 Å². The minimum Gasteiger partial charge on any atom is -0.309 e. The van der Waals surface area contributed by atoms with Gasteiger partial charge in [0.1, 0.15) is 5.01 Å². The molecule has 0 radical (unpaired) electrons. The Balaban J connectivity index is 1.90. The second-order valence-electron chi connectivity index (χ2n) is 6.17. The molecule has 1 N–H and O–H groups in total. The molecule has 1 fully saturated rings. The van der Waals surface area contributed by atoms with Gasteiger partial charge < -0.3 is 5.32 Å². The highest BCUT2D eigenvalue weighted by molar-refractivity contribution is 7.21. The lowest BCUT2D eigenvalue weighted by Gasteiger charge is -2.17. The summed E-state index contributed by atoms with van der Waals surface area (Å²) >= 11 is 3.62. The first-order valence-corrected chi connectivity index (χ1v) is 8.51. The van der Waals surface area contributed by atoms with Crippen LogP contribution in [-0.2, 0) is 12.0 Å². The van der Waals surface area contributed by atoms with Gasteiger partial charge >= 0.3 is 0 Å². The van der Waals surface area contributed by atoms with E-state index in [2.05, 4.69) is 43.6 Å². The lowest BCUT2D eigenvalue weighted by Crippen LogP contribution is -2.19. The fraction of sp³-hybridized carbons (Fsp3) is 0.533. The topological polar surface area (TPSA) is 24.9 Å². The van der Waals surface area contributed by atoms with Gasteiger partial charge in [0.05, 0.1) is 10.6 Å². The first kappa shape index (κ1) is 13.3. The third kappa shape index (κ3) is 3.07. The number of hydrogen-bond acceptors (Lipinski definition) is 4. The van der Waals surface area contributed by atoms with Gasteiger partial charge in [-0.25, -0.2) is 4.98 Å². The monoisotopic (exact) mass is 292 g/mol. The molecule has 0 spiro atoms. The van der Waals surface area contributed by atoms with Gasteiger partial charge in [-0.1, -0.05) is 26.8 Å². The van der Waals surface area contributed by atoms with Crippen molar-refractivity contribution < 1.29 is 0 Å². The molecule has 102 valence electrons. The molecule has 0 aliphatic heterocycles. The molecule has 0 unspecified atom stereocenters. The fourth-order valence-electron chi connectivity index (χ4n) is 2.09. The van der Waals surface area contributed by atoms with Gasteiger partial charge in [-0.05, 0) is 24.3 Å². The SMILES string of the molecule is CC(C)(C)c1nc(-c2cccs2)sc1CNC1CC1. The zero-order valence-corrected chi connectivity index (χ0v) is 13.3. The Morgan fingerprint density at radius 2 is 2.16 bits per heavy atom. The maximum absolute atomic E-state index is 4.91. The van der Waals surface area contributed by atoms with E-state index in [9.17, 15) is 0 Å². The minimum atomic E-state index is 0.118. The van der Waals surface area contributed by atoms with Gasteiger partial charge in [0.2, 0.25) is 0 Å². The highest BCUT2D eigenvalue weighted by Crippen LogP contribution is 2.36. The number of nitrogens with zero attached hydrogens (tertiary/aromatic N) is 1. The predicted molar refractivity (Wildman–Crippen MR) is 84.0 cm³/mol. The summed E-state index contributed by atoms with van der Waals surface area (Å²) in [6.07, 6.45) is 2.67. The van der Waals surface area contributed by atoms with Gasteiger partial charge in [0.15, 0.2) is 0 Å². The molecule has 2 aromatic rings. The number of aromatic nitrogens is 1. The van der Waals surface area contributed by atoms with Gasteiger partial charge in [0, 0.05) is 22.9 Å². The molecule has 3 rings (SSSR count). The van der Waals surface area contributed by atoms with Crippen molar-refractivity contribution in [3.8, 4) is 9.88 Å². The van der Waals surface area contributed by atoms with Crippen LogP contribution in [0, 0.1) is 0 Å². The van der Waals surface area contributed by atoms with E-state index in [0.717, 1.165) is 12.6 Å². The first-order chi connectivity index (χ1) is 9.04. The molecule has 2 heterocycles. The van der Waals surface area contributed by atoms with Crippen LogP contribution in [0.4, 0.5) is 0 Å². The van der Waals surface area contributed by atoms with E-state index in [0.29, 0.717) is 0 Å². The minimum absolute atomic E-state index is 0.118. The first-order valence-electron chi connectivity index (χ1n) is 6.81. The van der Waals surface area contributed by atoms with Gasteiger partial charge in [0.25, 0.3) is 0 Å². The predicted octanol–water partition coefficient (Wildman–Crippen LogP) is 4.42. The van der Waals surface area contributed by atoms with E-state index in [1.54, 1.807) is 11.3 Å². The molecule has 1 saturated carbocycles. The van der Waals surface area contributed by atoms with Crippen LogP contribution < -0.4 is 5.32 Å². The normalized spacial score (nSPS) is 15.9. The lowest BCUT2D eigenvalue weighted by molar-refractivity contribution is 0.559. The average molecular weight is 292 g/mol. The zero-order valence-electron chi connectivity index (χ0n) is 11.7. The van der Waals surface area contributed by atoms with Gasteiger partial charge in [-0.2, -0.15) is 0 Å². The second-order valence-corrected chi connectivity index (χ2v) is 8.20. The maximum atomic E-state index is 4.91. The Morgan fingerprint density at radius 1 is 1.37 bits per heavy atom. The molecule has 0 atom stereocenters. The van der Waals surface area contributed by atoms with Crippen molar-refractivity contribution in [1.29, 1.82) is 0 Å². The van der Waals surface area contributed by atoms with E-state index < -0.39 is 0 Å². The standard InChI is InChI=1S/C15H20N2S2/c1-15(2,3)13-12(9-16-10-6-7-10)19-14(17-13)11-5-4-8-18-11/h4-5,8,10,16H,6-7,9H2,1-3H3. The zero-order chi connectivity index (χ0) is 13.5. The Morgan fingerprint density at radius 3 is 2.74 bits per heavy atom. The Bertz CT molecular complexity index is 545. The van der Waals surface area contributed by atoms with E-state index in [4.69, 9.17) is 4.98 Å². The lowest BCUT2D eigenvalue weighted by atomic mass is 9.91. The molecular weight excluding hydrogens is 272 g/mol. The molecule has 0 aromatic carbocycles. The van der Waals surface area contributed by atoms with E-state index in [-0.39, 0.29) is 5.41 Å². The van der Waals surface area contributed by atoms with Crippen LogP contribution in [0.15, 0.2) is 17.5 Å². The summed E-state index contributed by atoms with van der Waals surface area (Å²) in [5, 5.41) is 6.91.